The summed E-state index contributed by atoms with van der Waals surface area (Å²) in [7, 11) is 0. The third-order valence-electron chi connectivity index (χ3n) is 11.3. The molecule has 0 saturated heterocycles. The van der Waals surface area contributed by atoms with Gasteiger partial charge in [-0.1, -0.05) is 245 Å². The van der Waals surface area contributed by atoms with Gasteiger partial charge in [-0.15, -0.1) is 11.8 Å². The van der Waals surface area contributed by atoms with E-state index < -0.39 is 21.4 Å². The summed E-state index contributed by atoms with van der Waals surface area (Å²) in [5.41, 5.74) is 0. The summed E-state index contributed by atoms with van der Waals surface area (Å²) < 4.78 is -2.42. The van der Waals surface area contributed by atoms with Gasteiger partial charge in [-0.05, 0) is 26.7 Å². The van der Waals surface area contributed by atoms with E-state index in [-0.39, 0.29) is 0 Å². The van der Waals surface area contributed by atoms with Gasteiger partial charge in [0, 0.05) is 0 Å². The molecule has 0 aliphatic rings. The van der Waals surface area contributed by atoms with Crippen molar-refractivity contribution in [1.29, 1.82) is 0 Å². The molecule has 304 valence electrons. The Balaban J connectivity index is 3.93. The predicted octanol–water partition coefficient (Wildman–Crippen LogP) is 13.6. The molecule has 0 heterocycles. The minimum Gasteiger partial charge on any atom is -0.549 e. The number of thioether (sulfide) groups is 1. The Labute approximate surface area is 323 Å². The fourth-order valence-corrected chi connectivity index (χ4v) is 9.27. The number of aliphatic carboxylic acids is 2. The average molecular weight is 737 g/mol. The average Bonchev–Trinajstić information content (AvgIpc) is 3.10. The summed E-state index contributed by atoms with van der Waals surface area (Å²) in [4.78, 5) is 24.5. The highest BCUT2D eigenvalue weighted by molar-refractivity contribution is 8.03. The molecule has 0 radical (unpaired) electrons. The zero-order valence-electron chi connectivity index (χ0n) is 34.9. The van der Waals surface area contributed by atoms with Crippen molar-refractivity contribution in [2.75, 3.05) is 0 Å². The summed E-state index contributed by atoms with van der Waals surface area (Å²) in [6.07, 6.45) is 47.5. The van der Waals surface area contributed by atoms with Crippen molar-refractivity contribution in [1.82, 2.24) is 0 Å². The lowest BCUT2D eigenvalue weighted by Crippen LogP contribution is -2.51. The Morgan fingerprint density at radius 3 is 0.647 bits per heavy atom. The zero-order valence-corrected chi connectivity index (χ0v) is 35.7. The smallest absolute Gasteiger partial charge is 0.0573 e. The summed E-state index contributed by atoms with van der Waals surface area (Å²) in [5, 5.41) is 24.5. The molecule has 0 aliphatic heterocycles. The molecule has 2 unspecified atom stereocenters. The van der Waals surface area contributed by atoms with Crippen molar-refractivity contribution in [2.24, 2.45) is 0 Å². The first-order valence-corrected chi connectivity index (χ1v) is 23.7. The van der Waals surface area contributed by atoms with Crippen LogP contribution in [-0.4, -0.2) is 21.4 Å². The van der Waals surface area contributed by atoms with Crippen LogP contribution in [0.2, 0.25) is 0 Å². The molecule has 0 rings (SSSR count). The first-order chi connectivity index (χ1) is 24.7. The monoisotopic (exact) mass is 737 g/mol. The second kappa shape index (κ2) is 36.3. The number of unbranched alkanes of at least 4 members (excludes halogenated alkanes) is 34. The van der Waals surface area contributed by atoms with E-state index in [1.54, 1.807) is 13.8 Å². The lowest BCUT2D eigenvalue weighted by Gasteiger charge is -2.40. The summed E-state index contributed by atoms with van der Waals surface area (Å²) in [5.74, 6) is -2.30. The lowest BCUT2D eigenvalue weighted by molar-refractivity contribution is -0.309. The molecular formula is C46H88O4S-2. The number of carbonyl (C=O) groups is 2. The molecule has 0 aliphatic carbocycles. The predicted molar refractivity (Wildman–Crippen MR) is 221 cm³/mol. The van der Waals surface area contributed by atoms with Crippen molar-refractivity contribution < 1.29 is 19.8 Å². The Morgan fingerprint density at radius 2 is 0.490 bits per heavy atom. The highest BCUT2D eigenvalue weighted by Crippen LogP contribution is 2.43. The maximum Gasteiger partial charge on any atom is 0.0573 e. The maximum absolute atomic E-state index is 12.2. The SMILES string of the molecule is CCCCCCCCCCCCCCCCCCCCC(C)(SC(C)(CCCCCCCCCCCCCCCCCCCC)C(=O)[O-])C(=O)[O-]. The second-order valence-electron chi connectivity index (χ2n) is 16.7. The normalized spacial score (nSPS) is 14.0. The first-order valence-electron chi connectivity index (χ1n) is 22.8. The zero-order chi connectivity index (χ0) is 37.7. The van der Waals surface area contributed by atoms with Gasteiger partial charge >= 0.3 is 0 Å². The number of carboxylic acid groups (broad SMARTS) is 2. The molecule has 0 fully saturated rings. The number of carboxylic acids is 2. The summed E-state index contributed by atoms with van der Waals surface area (Å²) in [6, 6.07) is 0. The van der Waals surface area contributed by atoms with Gasteiger partial charge in [-0.25, -0.2) is 0 Å². The molecule has 0 saturated carbocycles. The van der Waals surface area contributed by atoms with Crippen LogP contribution in [0, 0.1) is 0 Å². The van der Waals surface area contributed by atoms with Gasteiger partial charge < -0.3 is 19.8 Å². The molecule has 0 aromatic heterocycles. The summed E-state index contributed by atoms with van der Waals surface area (Å²) >= 11 is 1.06. The van der Waals surface area contributed by atoms with Crippen molar-refractivity contribution in [3.05, 3.63) is 0 Å². The van der Waals surface area contributed by atoms with Crippen LogP contribution in [-0.2, 0) is 9.59 Å². The van der Waals surface area contributed by atoms with Crippen LogP contribution in [0.4, 0.5) is 0 Å². The van der Waals surface area contributed by atoms with E-state index in [1.807, 2.05) is 0 Å². The van der Waals surface area contributed by atoms with E-state index in [0.717, 1.165) is 50.3 Å². The van der Waals surface area contributed by atoms with Crippen molar-refractivity contribution in [2.45, 2.75) is 281 Å². The van der Waals surface area contributed by atoms with E-state index >= 15 is 0 Å². The Bertz CT molecular complexity index is 710. The lowest BCUT2D eigenvalue weighted by atomic mass is 9.99. The molecule has 0 spiro atoms. The van der Waals surface area contributed by atoms with Gasteiger partial charge in [0.2, 0.25) is 0 Å². The molecule has 0 aromatic rings. The van der Waals surface area contributed by atoms with Gasteiger partial charge in [-0.2, -0.15) is 0 Å². The van der Waals surface area contributed by atoms with Gasteiger partial charge in [0.05, 0.1) is 21.4 Å². The molecule has 5 heteroatoms. The molecule has 0 aromatic carbocycles. The Kier molecular flexibility index (Phi) is 35.8. The van der Waals surface area contributed by atoms with E-state index in [2.05, 4.69) is 13.8 Å². The van der Waals surface area contributed by atoms with E-state index in [4.69, 9.17) is 0 Å². The van der Waals surface area contributed by atoms with Crippen LogP contribution in [0.1, 0.15) is 272 Å². The number of carbonyl (C=O) groups excluding carboxylic acids is 2. The van der Waals surface area contributed by atoms with Crippen LogP contribution in [0.25, 0.3) is 0 Å². The molecule has 0 N–H and O–H groups in total. The van der Waals surface area contributed by atoms with Crippen LogP contribution >= 0.6 is 11.8 Å². The van der Waals surface area contributed by atoms with Crippen LogP contribution in [0.5, 0.6) is 0 Å². The Hall–Kier alpha value is -0.710. The third kappa shape index (κ3) is 31.4. The van der Waals surface area contributed by atoms with Crippen LogP contribution in [0.15, 0.2) is 0 Å². The minimum absolute atomic E-state index is 0.445. The van der Waals surface area contributed by atoms with Gasteiger partial charge in [0.1, 0.15) is 0 Å². The quantitative estimate of drug-likeness (QED) is 0.0583. The van der Waals surface area contributed by atoms with Crippen LogP contribution in [0.3, 0.4) is 0 Å². The summed E-state index contributed by atoms with van der Waals surface area (Å²) in [6.45, 7) is 7.88. The topological polar surface area (TPSA) is 80.3 Å². The molecule has 4 nitrogen and oxygen atoms in total. The fraction of sp³-hybridized carbons (Fsp3) is 0.957. The molecular weight excluding hydrogens is 649 g/mol. The van der Waals surface area contributed by atoms with Crippen molar-refractivity contribution in [3.8, 4) is 0 Å². The fourth-order valence-electron chi connectivity index (χ4n) is 7.61. The molecule has 51 heavy (non-hydrogen) atoms. The van der Waals surface area contributed by atoms with Crippen LogP contribution < -0.4 is 10.2 Å². The minimum atomic E-state index is -1.21. The van der Waals surface area contributed by atoms with E-state index in [9.17, 15) is 19.8 Å². The third-order valence-corrected chi connectivity index (χ3v) is 13.0. The van der Waals surface area contributed by atoms with Gasteiger partial charge in [0.15, 0.2) is 0 Å². The number of hydrogen-bond donors (Lipinski definition) is 0. The van der Waals surface area contributed by atoms with Crippen molar-refractivity contribution in [3.63, 3.8) is 0 Å². The second-order valence-corrected chi connectivity index (χ2v) is 18.7. The highest BCUT2D eigenvalue weighted by atomic mass is 32.2. The van der Waals surface area contributed by atoms with Crippen molar-refractivity contribution >= 4 is 23.7 Å². The number of rotatable bonds is 42. The number of hydrogen-bond acceptors (Lipinski definition) is 5. The van der Waals surface area contributed by atoms with E-state index in [0.29, 0.717) is 12.8 Å². The Morgan fingerprint density at radius 1 is 0.333 bits per heavy atom. The largest absolute Gasteiger partial charge is 0.549 e. The van der Waals surface area contributed by atoms with Gasteiger partial charge in [0.25, 0.3) is 0 Å². The van der Waals surface area contributed by atoms with E-state index in [1.165, 1.54) is 193 Å². The first kappa shape index (κ1) is 50.3. The van der Waals surface area contributed by atoms with Gasteiger partial charge in [-0.3, -0.25) is 0 Å². The molecule has 0 bridgehead atoms. The maximum atomic E-state index is 12.2. The standard InChI is InChI=1S/C46H90O4S/c1-5-7-9-11-13-15-17-19-21-23-25-27-29-31-33-35-37-39-41-45(3,43(47)48)51-46(4,44(49)50)42-40-38-36-34-32-30-28-26-24-22-20-18-16-14-12-10-8-6-2/h5-42H2,1-4H3,(H,47,48)(H,49,50)/p-2. The highest BCUT2D eigenvalue weighted by Gasteiger charge is 2.37. The molecule has 2 atom stereocenters. The molecule has 0 amide bonds.